The van der Waals surface area contributed by atoms with Crippen LogP contribution in [0.4, 0.5) is 0 Å². The van der Waals surface area contributed by atoms with E-state index in [0.717, 1.165) is 22.0 Å². The van der Waals surface area contributed by atoms with Crippen molar-refractivity contribution in [2.24, 2.45) is 0 Å². The molecule has 0 atom stereocenters. The van der Waals surface area contributed by atoms with E-state index in [4.69, 9.17) is 4.74 Å². The molecular weight excluding hydrogens is 256 g/mol. The summed E-state index contributed by atoms with van der Waals surface area (Å²) in [4.78, 5) is 12.4. The van der Waals surface area contributed by atoms with E-state index < -0.39 is 0 Å². The molecule has 0 unspecified atom stereocenters. The number of ketones is 1. The second-order valence-electron chi connectivity index (χ2n) is 4.09. The third-order valence-electron chi connectivity index (χ3n) is 2.60. The van der Waals surface area contributed by atoms with Crippen molar-refractivity contribution in [3.05, 3.63) is 60.2 Å². The molecule has 0 heterocycles. The van der Waals surface area contributed by atoms with Gasteiger partial charge in [-0.15, -0.1) is 11.8 Å². The molecule has 0 aliphatic rings. The fourth-order valence-electron chi connectivity index (χ4n) is 1.64. The highest BCUT2D eigenvalue weighted by atomic mass is 32.2. The van der Waals surface area contributed by atoms with Crippen molar-refractivity contribution in [2.45, 2.75) is 11.8 Å². The van der Waals surface area contributed by atoms with Crippen molar-refractivity contribution < 1.29 is 9.53 Å². The molecule has 2 nitrogen and oxygen atoms in total. The van der Waals surface area contributed by atoms with Crippen LogP contribution in [0, 0.1) is 0 Å². The molecule has 3 heteroatoms. The Hall–Kier alpha value is -1.74. The summed E-state index contributed by atoms with van der Waals surface area (Å²) in [6.07, 6.45) is 0. The minimum atomic E-state index is 0.1000. The lowest BCUT2D eigenvalue weighted by molar-refractivity contribution is 0.101. The zero-order valence-electron chi connectivity index (χ0n) is 10.8. The average molecular weight is 272 g/mol. The molecule has 98 valence electrons. The van der Waals surface area contributed by atoms with Crippen molar-refractivity contribution in [3.63, 3.8) is 0 Å². The largest absolute Gasteiger partial charge is 0.493 e. The average Bonchev–Trinajstić information content (AvgIpc) is 2.45. The van der Waals surface area contributed by atoms with Crippen LogP contribution >= 0.6 is 11.8 Å². The van der Waals surface area contributed by atoms with Crippen LogP contribution < -0.4 is 4.74 Å². The first-order chi connectivity index (χ1) is 9.25. The van der Waals surface area contributed by atoms with Crippen LogP contribution in [0.1, 0.15) is 17.3 Å². The fraction of sp³-hybridized carbons (Fsp3) is 0.188. The summed E-state index contributed by atoms with van der Waals surface area (Å²) in [6.45, 7) is 2.24. The molecule has 0 amide bonds. The highest BCUT2D eigenvalue weighted by molar-refractivity contribution is 7.99. The van der Waals surface area contributed by atoms with Crippen LogP contribution in [0.25, 0.3) is 0 Å². The van der Waals surface area contributed by atoms with Gasteiger partial charge in [-0.2, -0.15) is 0 Å². The maximum absolute atomic E-state index is 11.3. The third kappa shape index (κ3) is 4.45. The van der Waals surface area contributed by atoms with E-state index in [-0.39, 0.29) is 5.78 Å². The minimum Gasteiger partial charge on any atom is -0.493 e. The summed E-state index contributed by atoms with van der Waals surface area (Å²) >= 11 is 1.69. The number of Topliss-reactive ketones (excluding diaryl/α,β-unsaturated/α-hetero) is 1. The highest BCUT2D eigenvalue weighted by Gasteiger charge is 2.01. The summed E-state index contributed by atoms with van der Waals surface area (Å²) in [5.41, 5.74) is 0.758. The molecule has 0 fully saturated rings. The Labute approximate surface area is 117 Å². The quantitative estimate of drug-likeness (QED) is 0.450. The molecule has 2 rings (SSSR count). The van der Waals surface area contributed by atoms with Gasteiger partial charge in [0.05, 0.1) is 6.61 Å². The van der Waals surface area contributed by atoms with Gasteiger partial charge in [0, 0.05) is 16.2 Å². The van der Waals surface area contributed by atoms with E-state index >= 15 is 0 Å². The number of para-hydroxylation sites is 1. The highest BCUT2D eigenvalue weighted by Crippen LogP contribution is 2.19. The minimum absolute atomic E-state index is 0.1000. The van der Waals surface area contributed by atoms with Crippen molar-refractivity contribution in [1.29, 1.82) is 0 Å². The number of hydrogen-bond donors (Lipinski definition) is 0. The Morgan fingerprint density at radius 3 is 2.63 bits per heavy atom. The standard InChI is InChI=1S/C16H16O2S/c1-13(17)14-6-5-9-16(12-14)19-11-10-18-15-7-3-2-4-8-15/h2-9,12H,10-11H2,1H3. The number of benzene rings is 2. The van der Waals surface area contributed by atoms with E-state index in [2.05, 4.69) is 0 Å². The first-order valence-corrected chi connectivity index (χ1v) is 7.16. The molecule has 0 radical (unpaired) electrons. The first-order valence-electron chi connectivity index (χ1n) is 6.17. The van der Waals surface area contributed by atoms with E-state index in [1.165, 1.54) is 0 Å². The lowest BCUT2D eigenvalue weighted by Gasteiger charge is -2.06. The lowest BCUT2D eigenvalue weighted by atomic mass is 10.2. The molecule has 0 aromatic heterocycles. The van der Waals surface area contributed by atoms with Gasteiger partial charge < -0.3 is 4.74 Å². The molecular formula is C16H16O2S. The fourth-order valence-corrected chi connectivity index (χ4v) is 2.43. The predicted octanol–water partition coefficient (Wildman–Crippen LogP) is 4.06. The Kier molecular flexibility index (Phi) is 5.04. The Bertz CT molecular complexity index is 537. The zero-order valence-corrected chi connectivity index (χ0v) is 11.7. The van der Waals surface area contributed by atoms with Crippen molar-refractivity contribution in [3.8, 4) is 5.75 Å². The number of carbonyl (C=O) groups excluding carboxylic acids is 1. The van der Waals surface area contributed by atoms with E-state index in [1.54, 1.807) is 18.7 Å². The number of rotatable bonds is 6. The van der Waals surface area contributed by atoms with Gasteiger partial charge in [-0.3, -0.25) is 4.79 Å². The van der Waals surface area contributed by atoms with Gasteiger partial charge in [0.25, 0.3) is 0 Å². The first kappa shape index (κ1) is 13.7. The van der Waals surface area contributed by atoms with Crippen molar-refractivity contribution in [1.82, 2.24) is 0 Å². The summed E-state index contributed by atoms with van der Waals surface area (Å²) in [6, 6.07) is 17.5. The smallest absolute Gasteiger partial charge is 0.159 e. The molecule has 0 saturated heterocycles. The zero-order chi connectivity index (χ0) is 13.5. The van der Waals surface area contributed by atoms with Gasteiger partial charge in [-0.1, -0.05) is 30.3 Å². The Morgan fingerprint density at radius 2 is 1.89 bits per heavy atom. The maximum atomic E-state index is 11.3. The second kappa shape index (κ2) is 7.00. The molecule has 19 heavy (non-hydrogen) atoms. The monoisotopic (exact) mass is 272 g/mol. The molecule has 0 aliphatic heterocycles. The van der Waals surface area contributed by atoms with E-state index in [9.17, 15) is 4.79 Å². The maximum Gasteiger partial charge on any atom is 0.159 e. The molecule has 0 aliphatic carbocycles. The molecule has 0 saturated carbocycles. The summed E-state index contributed by atoms with van der Waals surface area (Å²) in [7, 11) is 0. The van der Waals surface area contributed by atoms with Gasteiger partial charge in [0.2, 0.25) is 0 Å². The normalized spacial score (nSPS) is 10.2. The van der Waals surface area contributed by atoms with E-state index in [1.807, 2.05) is 54.6 Å². The lowest BCUT2D eigenvalue weighted by Crippen LogP contribution is -2.00. The van der Waals surface area contributed by atoms with Gasteiger partial charge in [-0.05, 0) is 31.2 Å². The van der Waals surface area contributed by atoms with Crippen molar-refractivity contribution in [2.75, 3.05) is 12.4 Å². The molecule has 0 bridgehead atoms. The molecule has 0 N–H and O–H groups in total. The van der Waals surface area contributed by atoms with Crippen LogP contribution in [0.15, 0.2) is 59.5 Å². The number of hydrogen-bond acceptors (Lipinski definition) is 3. The molecule has 0 spiro atoms. The number of thioether (sulfide) groups is 1. The van der Waals surface area contributed by atoms with Gasteiger partial charge in [0.15, 0.2) is 5.78 Å². The van der Waals surface area contributed by atoms with Crippen LogP contribution in [-0.2, 0) is 0 Å². The topological polar surface area (TPSA) is 26.3 Å². The SMILES string of the molecule is CC(=O)c1cccc(SCCOc2ccccc2)c1. The Morgan fingerprint density at radius 1 is 1.11 bits per heavy atom. The van der Waals surface area contributed by atoms with E-state index in [0.29, 0.717) is 6.61 Å². The van der Waals surface area contributed by atoms with Gasteiger partial charge in [-0.25, -0.2) is 0 Å². The third-order valence-corrected chi connectivity index (χ3v) is 3.56. The summed E-state index contributed by atoms with van der Waals surface area (Å²) in [5, 5.41) is 0. The van der Waals surface area contributed by atoms with Crippen LogP contribution in [-0.4, -0.2) is 18.1 Å². The predicted molar refractivity (Wildman–Crippen MR) is 79.1 cm³/mol. The number of ether oxygens (including phenoxy) is 1. The second-order valence-corrected chi connectivity index (χ2v) is 5.26. The van der Waals surface area contributed by atoms with Gasteiger partial charge in [0.1, 0.15) is 5.75 Å². The number of carbonyl (C=O) groups is 1. The molecule has 2 aromatic carbocycles. The van der Waals surface area contributed by atoms with Crippen LogP contribution in [0.2, 0.25) is 0 Å². The summed E-state index contributed by atoms with van der Waals surface area (Å²) in [5.74, 6) is 1.85. The molecule has 2 aromatic rings. The summed E-state index contributed by atoms with van der Waals surface area (Å²) < 4.78 is 5.62. The van der Waals surface area contributed by atoms with Gasteiger partial charge >= 0.3 is 0 Å². The Balaban J connectivity index is 1.80. The van der Waals surface area contributed by atoms with Crippen LogP contribution in [0.5, 0.6) is 5.75 Å². The van der Waals surface area contributed by atoms with Crippen LogP contribution in [0.3, 0.4) is 0 Å². The van der Waals surface area contributed by atoms with Crippen molar-refractivity contribution >= 4 is 17.5 Å².